The van der Waals surface area contributed by atoms with Gasteiger partial charge in [-0.25, -0.2) is 0 Å². The zero-order valence-corrected chi connectivity index (χ0v) is 11.2. The number of carbonyl (C=O) groups is 1. The van der Waals surface area contributed by atoms with Crippen LogP contribution in [-0.2, 0) is 4.79 Å². The lowest BCUT2D eigenvalue weighted by molar-refractivity contribution is -0.125. The lowest BCUT2D eigenvalue weighted by atomic mass is 9.74. The van der Waals surface area contributed by atoms with Gasteiger partial charge in [-0.3, -0.25) is 4.79 Å². The molecule has 2 rings (SSSR count). The first-order valence-electron chi connectivity index (χ1n) is 7.41. The van der Waals surface area contributed by atoms with Crippen molar-refractivity contribution in [3.05, 3.63) is 0 Å². The molecule has 2 aliphatic carbocycles. The van der Waals surface area contributed by atoms with Crippen LogP contribution in [0.5, 0.6) is 0 Å². The Morgan fingerprint density at radius 2 is 1.71 bits per heavy atom. The molecule has 2 nitrogen and oxygen atoms in total. The van der Waals surface area contributed by atoms with E-state index in [2.05, 4.69) is 6.92 Å². The number of carbonyl (C=O) groups excluding carboxylic acids is 1. The van der Waals surface area contributed by atoms with E-state index < -0.39 is 0 Å². The van der Waals surface area contributed by atoms with Crippen LogP contribution in [0.3, 0.4) is 0 Å². The van der Waals surface area contributed by atoms with Crippen molar-refractivity contribution in [1.82, 2.24) is 0 Å². The number of rotatable bonds is 3. The van der Waals surface area contributed by atoms with Crippen molar-refractivity contribution in [3.63, 3.8) is 0 Å². The van der Waals surface area contributed by atoms with E-state index in [-0.39, 0.29) is 5.54 Å². The number of hydrogen-bond donors (Lipinski definition) is 1. The Morgan fingerprint density at radius 3 is 2.29 bits per heavy atom. The monoisotopic (exact) mass is 237 g/mol. The van der Waals surface area contributed by atoms with Crippen molar-refractivity contribution >= 4 is 5.78 Å². The highest BCUT2D eigenvalue weighted by atomic mass is 16.1. The van der Waals surface area contributed by atoms with E-state index in [4.69, 9.17) is 5.73 Å². The van der Waals surface area contributed by atoms with Crippen LogP contribution in [0.25, 0.3) is 0 Å². The molecule has 0 aromatic rings. The van der Waals surface area contributed by atoms with Crippen LogP contribution in [0.1, 0.15) is 71.1 Å². The fourth-order valence-electron chi connectivity index (χ4n) is 3.51. The van der Waals surface area contributed by atoms with Crippen molar-refractivity contribution in [2.24, 2.45) is 17.6 Å². The summed E-state index contributed by atoms with van der Waals surface area (Å²) in [7, 11) is 0. The predicted octanol–water partition coefficient (Wildman–Crippen LogP) is 3.43. The number of Topliss-reactive ketones (excluding diaryl/α,β-unsaturated/α-hetero) is 1. The quantitative estimate of drug-likeness (QED) is 0.817. The minimum Gasteiger partial charge on any atom is -0.325 e. The first kappa shape index (κ1) is 13.1. The second-order valence-corrected chi connectivity index (χ2v) is 6.52. The van der Waals surface area contributed by atoms with Gasteiger partial charge in [-0.1, -0.05) is 39.0 Å². The van der Waals surface area contributed by atoms with Crippen molar-refractivity contribution < 1.29 is 4.79 Å². The molecule has 2 heteroatoms. The molecule has 17 heavy (non-hydrogen) atoms. The second-order valence-electron chi connectivity index (χ2n) is 6.52. The molecule has 0 amide bonds. The van der Waals surface area contributed by atoms with Crippen molar-refractivity contribution in [2.45, 2.75) is 76.7 Å². The highest BCUT2D eigenvalue weighted by Gasteiger charge is 2.33. The molecule has 0 bridgehead atoms. The molecular weight excluding hydrogens is 210 g/mol. The molecule has 0 unspecified atom stereocenters. The van der Waals surface area contributed by atoms with Gasteiger partial charge in [0.15, 0.2) is 0 Å². The topological polar surface area (TPSA) is 43.1 Å². The highest BCUT2D eigenvalue weighted by molar-refractivity contribution is 5.82. The molecule has 0 atom stereocenters. The fourth-order valence-corrected chi connectivity index (χ4v) is 3.51. The van der Waals surface area contributed by atoms with Crippen LogP contribution >= 0.6 is 0 Å². The third kappa shape index (κ3) is 3.54. The van der Waals surface area contributed by atoms with Gasteiger partial charge in [0.2, 0.25) is 0 Å². The molecule has 0 radical (unpaired) electrons. The fraction of sp³-hybridized carbons (Fsp3) is 0.933. The van der Waals surface area contributed by atoms with Gasteiger partial charge in [-0.05, 0) is 31.6 Å². The molecule has 0 aromatic carbocycles. The van der Waals surface area contributed by atoms with Crippen molar-refractivity contribution in [3.8, 4) is 0 Å². The van der Waals surface area contributed by atoms with Gasteiger partial charge in [0, 0.05) is 17.9 Å². The van der Waals surface area contributed by atoms with Crippen molar-refractivity contribution in [2.75, 3.05) is 0 Å². The van der Waals surface area contributed by atoms with E-state index in [1.165, 1.54) is 32.1 Å². The summed E-state index contributed by atoms with van der Waals surface area (Å²) in [5.41, 5.74) is 6.22. The molecule has 2 fully saturated rings. The van der Waals surface area contributed by atoms with Gasteiger partial charge in [-0.2, -0.15) is 0 Å². The maximum absolute atomic E-state index is 12.3. The summed E-state index contributed by atoms with van der Waals surface area (Å²) >= 11 is 0. The van der Waals surface area contributed by atoms with Gasteiger partial charge in [0.25, 0.3) is 0 Å². The molecule has 0 aromatic heterocycles. The van der Waals surface area contributed by atoms with E-state index in [1.807, 2.05) is 0 Å². The molecule has 98 valence electrons. The first-order chi connectivity index (χ1) is 8.09. The molecule has 2 aliphatic rings. The standard InChI is InChI=1S/C15H27NO/c1-12-5-7-13(8-6-12)14(17)11-15(16)9-3-2-4-10-15/h12-13H,2-11,16H2,1H3. The second kappa shape index (κ2) is 5.51. The Balaban J connectivity index is 1.83. The molecule has 0 spiro atoms. The minimum atomic E-state index is -0.154. The summed E-state index contributed by atoms with van der Waals surface area (Å²) in [6.07, 6.45) is 11.2. The van der Waals surface area contributed by atoms with Gasteiger partial charge in [-0.15, -0.1) is 0 Å². The number of nitrogens with two attached hydrogens (primary N) is 1. The predicted molar refractivity (Wildman–Crippen MR) is 70.7 cm³/mol. The summed E-state index contributed by atoms with van der Waals surface area (Å²) in [6, 6.07) is 0. The van der Waals surface area contributed by atoms with Crippen LogP contribution < -0.4 is 5.73 Å². The smallest absolute Gasteiger partial charge is 0.137 e. The summed E-state index contributed by atoms with van der Waals surface area (Å²) in [5.74, 6) is 1.61. The van der Waals surface area contributed by atoms with Crippen LogP contribution in [0, 0.1) is 11.8 Å². The molecule has 0 heterocycles. The average molecular weight is 237 g/mol. The Bertz CT molecular complexity index is 260. The van der Waals surface area contributed by atoms with Crippen LogP contribution in [-0.4, -0.2) is 11.3 Å². The summed E-state index contributed by atoms with van der Waals surface area (Å²) in [5, 5.41) is 0. The molecular formula is C15H27NO. The summed E-state index contributed by atoms with van der Waals surface area (Å²) in [4.78, 5) is 12.3. The lowest BCUT2D eigenvalue weighted by Gasteiger charge is -2.35. The van der Waals surface area contributed by atoms with Gasteiger partial charge < -0.3 is 5.73 Å². The first-order valence-corrected chi connectivity index (χ1v) is 7.41. The third-order valence-electron chi connectivity index (χ3n) is 4.85. The van der Waals surface area contributed by atoms with E-state index in [0.29, 0.717) is 18.1 Å². The Hall–Kier alpha value is -0.370. The Morgan fingerprint density at radius 1 is 1.12 bits per heavy atom. The number of ketones is 1. The minimum absolute atomic E-state index is 0.154. The zero-order valence-electron chi connectivity index (χ0n) is 11.2. The summed E-state index contributed by atoms with van der Waals surface area (Å²) in [6.45, 7) is 2.30. The SMILES string of the molecule is CC1CCC(C(=O)CC2(N)CCCCC2)CC1. The largest absolute Gasteiger partial charge is 0.325 e. The molecule has 2 saturated carbocycles. The zero-order chi connectivity index (χ0) is 12.3. The Kier molecular flexibility index (Phi) is 4.24. The molecule has 2 N–H and O–H groups in total. The van der Waals surface area contributed by atoms with Crippen molar-refractivity contribution in [1.29, 1.82) is 0 Å². The van der Waals surface area contributed by atoms with E-state index >= 15 is 0 Å². The molecule has 0 aliphatic heterocycles. The summed E-state index contributed by atoms with van der Waals surface area (Å²) < 4.78 is 0. The maximum atomic E-state index is 12.3. The van der Waals surface area contributed by atoms with E-state index in [1.54, 1.807) is 0 Å². The maximum Gasteiger partial charge on any atom is 0.137 e. The normalized spacial score (nSPS) is 33.3. The van der Waals surface area contributed by atoms with Gasteiger partial charge in [0.1, 0.15) is 5.78 Å². The highest BCUT2D eigenvalue weighted by Crippen LogP contribution is 2.34. The molecule has 0 saturated heterocycles. The van der Waals surface area contributed by atoms with E-state index in [0.717, 1.165) is 31.6 Å². The Labute approximate surface area is 105 Å². The van der Waals surface area contributed by atoms with Crippen LogP contribution in [0.15, 0.2) is 0 Å². The third-order valence-corrected chi connectivity index (χ3v) is 4.85. The van der Waals surface area contributed by atoms with E-state index in [9.17, 15) is 4.79 Å². The van der Waals surface area contributed by atoms with Crippen LogP contribution in [0.2, 0.25) is 0 Å². The van der Waals surface area contributed by atoms with Gasteiger partial charge in [0.05, 0.1) is 0 Å². The lowest BCUT2D eigenvalue weighted by Crippen LogP contribution is -2.44. The average Bonchev–Trinajstić information content (AvgIpc) is 2.30. The number of hydrogen-bond acceptors (Lipinski definition) is 2. The van der Waals surface area contributed by atoms with Crippen LogP contribution in [0.4, 0.5) is 0 Å². The van der Waals surface area contributed by atoms with Gasteiger partial charge >= 0.3 is 0 Å².